The van der Waals surface area contributed by atoms with E-state index in [-0.39, 0.29) is 11.7 Å². The van der Waals surface area contributed by atoms with Gasteiger partial charge in [-0.15, -0.1) is 0 Å². The average molecular weight is 284 g/mol. The number of fused-ring (bicyclic) bond motifs is 1. The van der Waals surface area contributed by atoms with Crippen molar-refractivity contribution in [2.24, 2.45) is 0 Å². The van der Waals surface area contributed by atoms with E-state index in [1.165, 1.54) is 16.4 Å². The van der Waals surface area contributed by atoms with Gasteiger partial charge in [-0.1, -0.05) is 30.3 Å². The Hall–Kier alpha value is -2.63. The van der Waals surface area contributed by atoms with Crippen LogP contribution in [0, 0.1) is 6.92 Å². The first-order chi connectivity index (χ1) is 10.3. The van der Waals surface area contributed by atoms with E-state index in [1.54, 1.807) is 6.92 Å². The molecule has 1 N–H and O–H groups in total. The van der Waals surface area contributed by atoms with Gasteiger partial charge in [-0.3, -0.25) is 4.79 Å². The third kappa shape index (κ3) is 2.79. The second kappa shape index (κ2) is 5.78. The Labute approximate surface area is 121 Å². The minimum absolute atomic E-state index is 0.229. The van der Waals surface area contributed by atoms with E-state index >= 15 is 0 Å². The molecule has 3 aromatic rings. The van der Waals surface area contributed by atoms with Gasteiger partial charge < -0.3 is 9.73 Å². The number of aryl methyl sites for hydroxylation is 2. The fraction of sp³-hybridized carbons (Fsp3) is 0.267. The Morgan fingerprint density at radius 1 is 1.33 bits per heavy atom. The molecule has 2 aromatic heterocycles. The van der Waals surface area contributed by atoms with Gasteiger partial charge in [0.25, 0.3) is 5.91 Å². The van der Waals surface area contributed by atoms with Crippen LogP contribution in [0.5, 0.6) is 0 Å². The highest BCUT2D eigenvalue weighted by Gasteiger charge is 2.18. The SMILES string of the molecule is Cc1c(C(=O)NCCCc2ccccc2)oc2ncnn12. The van der Waals surface area contributed by atoms with Crippen LogP contribution in [0.3, 0.4) is 0 Å². The molecule has 108 valence electrons. The minimum atomic E-state index is -0.229. The van der Waals surface area contributed by atoms with E-state index in [1.807, 2.05) is 18.2 Å². The maximum atomic E-state index is 12.1. The topological polar surface area (TPSA) is 72.4 Å². The molecule has 6 nitrogen and oxygen atoms in total. The fourth-order valence-electron chi connectivity index (χ4n) is 2.22. The Morgan fingerprint density at radius 3 is 2.90 bits per heavy atom. The quantitative estimate of drug-likeness (QED) is 0.727. The Bertz CT molecular complexity index is 745. The zero-order valence-corrected chi connectivity index (χ0v) is 11.7. The van der Waals surface area contributed by atoms with Crippen molar-refractivity contribution in [1.82, 2.24) is 19.9 Å². The van der Waals surface area contributed by atoms with Crippen molar-refractivity contribution < 1.29 is 9.21 Å². The number of oxazole rings is 1. The number of nitrogens with one attached hydrogen (secondary N) is 1. The summed E-state index contributed by atoms with van der Waals surface area (Å²) < 4.78 is 6.91. The molecule has 6 heteroatoms. The standard InChI is InChI=1S/C15H16N4O2/c1-11-13(21-15-17-10-18-19(11)15)14(20)16-9-5-8-12-6-3-2-4-7-12/h2-4,6-7,10H,5,8-9H2,1H3,(H,16,20). The normalized spacial score (nSPS) is 10.9. The largest absolute Gasteiger partial charge is 0.416 e. The predicted octanol–water partition coefficient (Wildman–Crippen LogP) is 1.99. The summed E-state index contributed by atoms with van der Waals surface area (Å²) in [6.45, 7) is 2.38. The zero-order valence-electron chi connectivity index (χ0n) is 11.7. The number of carbonyl (C=O) groups excluding carboxylic acids is 1. The summed E-state index contributed by atoms with van der Waals surface area (Å²) >= 11 is 0. The first-order valence-electron chi connectivity index (χ1n) is 6.87. The summed E-state index contributed by atoms with van der Waals surface area (Å²) in [4.78, 5) is 16.0. The second-order valence-electron chi connectivity index (χ2n) is 4.82. The van der Waals surface area contributed by atoms with Crippen molar-refractivity contribution in [3.8, 4) is 0 Å². The van der Waals surface area contributed by atoms with Crippen molar-refractivity contribution in [2.45, 2.75) is 19.8 Å². The molecule has 0 atom stereocenters. The zero-order chi connectivity index (χ0) is 14.7. The monoisotopic (exact) mass is 284 g/mol. The van der Waals surface area contributed by atoms with E-state index in [0.29, 0.717) is 18.1 Å². The molecular weight excluding hydrogens is 268 g/mol. The Balaban J connectivity index is 1.54. The number of nitrogens with zero attached hydrogens (tertiary/aromatic N) is 3. The second-order valence-corrected chi connectivity index (χ2v) is 4.82. The predicted molar refractivity (Wildman–Crippen MR) is 77.1 cm³/mol. The van der Waals surface area contributed by atoms with Crippen LogP contribution in [0.1, 0.15) is 28.2 Å². The lowest BCUT2D eigenvalue weighted by Crippen LogP contribution is -2.25. The van der Waals surface area contributed by atoms with Crippen LogP contribution in [0.15, 0.2) is 41.1 Å². The van der Waals surface area contributed by atoms with Gasteiger partial charge in [-0.2, -0.15) is 14.6 Å². The van der Waals surface area contributed by atoms with Gasteiger partial charge in [-0.05, 0) is 25.3 Å². The summed E-state index contributed by atoms with van der Waals surface area (Å²) in [5, 5.41) is 6.85. The van der Waals surface area contributed by atoms with Crippen LogP contribution in [0.4, 0.5) is 0 Å². The molecule has 1 aromatic carbocycles. The summed E-state index contributed by atoms with van der Waals surface area (Å²) in [5.41, 5.74) is 1.92. The number of aromatic nitrogens is 3. The number of hydrogen-bond donors (Lipinski definition) is 1. The molecule has 21 heavy (non-hydrogen) atoms. The molecule has 0 spiro atoms. The van der Waals surface area contributed by atoms with Crippen molar-refractivity contribution in [3.63, 3.8) is 0 Å². The van der Waals surface area contributed by atoms with E-state index in [4.69, 9.17) is 4.42 Å². The molecule has 2 heterocycles. The lowest BCUT2D eigenvalue weighted by molar-refractivity contribution is 0.0926. The van der Waals surface area contributed by atoms with Crippen molar-refractivity contribution in [3.05, 3.63) is 53.7 Å². The lowest BCUT2D eigenvalue weighted by Gasteiger charge is -2.04. The fourth-order valence-corrected chi connectivity index (χ4v) is 2.22. The van der Waals surface area contributed by atoms with Gasteiger partial charge in [0.2, 0.25) is 5.76 Å². The smallest absolute Gasteiger partial charge is 0.325 e. The van der Waals surface area contributed by atoms with Crippen molar-refractivity contribution >= 4 is 11.8 Å². The minimum Gasteiger partial charge on any atom is -0.416 e. The third-order valence-electron chi connectivity index (χ3n) is 3.33. The Kier molecular flexibility index (Phi) is 3.68. The van der Waals surface area contributed by atoms with Gasteiger partial charge >= 0.3 is 5.84 Å². The highest BCUT2D eigenvalue weighted by molar-refractivity contribution is 5.92. The Morgan fingerprint density at radius 2 is 2.14 bits per heavy atom. The van der Waals surface area contributed by atoms with Crippen LogP contribution in [-0.4, -0.2) is 27.0 Å². The molecule has 0 unspecified atom stereocenters. The number of hydrogen-bond acceptors (Lipinski definition) is 4. The van der Waals surface area contributed by atoms with Crippen LogP contribution >= 0.6 is 0 Å². The third-order valence-corrected chi connectivity index (χ3v) is 3.33. The molecule has 0 aliphatic rings. The van der Waals surface area contributed by atoms with E-state index in [0.717, 1.165) is 12.8 Å². The number of carbonyl (C=O) groups is 1. The molecule has 1 amide bonds. The number of amides is 1. The van der Waals surface area contributed by atoms with E-state index < -0.39 is 0 Å². The summed E-state index contributed by atoms with van der Waals surface area (Å²) in [6.07, 6.45) is 3.21. The summed E-state index contributed by atoms with van der Waals surface area (Å²) in [7, 11) is 0. The van der Waals surface area contributed by atoms with Crippen LogP contribution in [0.25, 0.3) is 5.84 Å². The van der Waals surface area contributed by atoms with Gasteiger partial charge in [-0.25, -0.2) is 0 Å². The maximum Gasteiger partial charge on any atom is 0.325 e. The van der Waals surface area contributed by atoms with Crippen LogP contribution in [0.2, 0.25) is 0 Å². The molecule has 0 saturated heterocycles. The molecule has 0 aliphatic heterocycles. The van der Waals surface area contributed by atoms with Crippen LogP contribution in [-0.2, 0) is 6.42 Å². The molecule has 0 aliphatic carbocycles. The molecule has 0 saturated carbocycles. The highest BCUT2D eigenvalue weighted by atomic mass is 16.4. The van der Waals surface area contributed by atoms with Gasteiger partial charge in [0.1, 0.15) is 6.33 Å². The van der Waals surface area contributed by atoms with Gasteiger partial charge in [0, 0.05) is 6.54 Å². The van der Waals surface area contributed by atoms with E-state index in [2.05, 4.69) is 27.5 Å². The lowest BCUT2D eigenvalue weighted by atomic mass is 10.1. The first-order valence-corrected chi connectivity index (χ1v) is 6.87. The van der Waals surface area contributed by atoms with Crippen molar-refractivity contribution in [1.29, 1.82) is 0 Å². The molecule has 0 radical (unpaired) electrons. The highest BCUT2D eigenvalue weighted by Crippen LogP contribution is 2.12. The average Bonchev–Trinajstić information content (AvgIpc) is 3.08. The first kappa shape index (κ1) is 13.4. The number of benzene rings is 1. The van der Waals surface area contributed by atoms with Gasteiger partial charge in [0.15, 0.2) is 0 Å². The van der Waals surface area contributed by atoms with Crippen molar-refractivity contribution in [2.75, 3.05) is 6.54 Å². The molecule has 0 bridgehead atoms. The molecule has 3 rings (SSSR count). The van der Waals surface area contributed by atoms with Crippen LogP contribution < -0.4 is 5.32 Å². The summed E-state index contributed by atoms with van der Waals surface area (Å²) in [6, 6.07) is 10.2. The molecule has 0 fully saturated rings. The van der Waals surface area contributed by atoms with E-state index in [9.17, 15) is 4.79 Å². The maximum absolute atomic E-state index is 12.1. The molecular formula is C15H16N4O2. The summed E-state index contributed by atoms with van der Waals surface area (Å²) in [5.74, 6) is 0.375. The number of rotatable bonds is 5. The van der Waals surface area contributed by atoms with Gasteiger partial charge in [0.05, 0.1) is 5.69 Å².